The number of nitrogens with one attached hydrogen (secondary N) is 1. The molecule has 2 atom stereocenters. The first-order valence-corrected chi connectivity index (χ1v) is 4.66. The normalized spacial score (nSPS) is 21.7. The zero-order chi connectivity index (χ0) is 9.97. The van der Waals surface area contributed by atoms with E-state index in [2.05, 4.69) is 5.43 Å². The predicted molar refractivity (Wildman–Crippen MR) is 53.1 cm³/mol. The molecular weight excluding hydrogens is 180 g/mol. The van der Waals surface area contributed by atoms with E-state index in [1.807, 2.05) is 31.2 Å². The second kappa shape index (κ2) is 3.86. The summed E-state index contributed by atoms with van der Waals surface area (Å²) in [4.78, 5) is 0. The quantitative estimate of drug-likeness (QED) is 0.537. The first-order valence-electron chi connectivity index (χ1n) is 4.66. The Morgan fingerprint density at radius 1 is 1.43 bits per heavy atom. The first-order chi connectivity index (χ1) is 6.81. The van der Waals surface area contributed by atoms with Gasteiger partial charge >= 0.3 is 0 Å². The third-order valence-electron chi connectivity index (χ3n) is 2.35. The number of hydrogen-bond acceptors (Lipinski definition) is 4. The third-order valence-corrected chi connectivity index (χ3v) is 2.35. The highest BCUT2D eigenvalue weighted by atomic mass is 16.6. The van der Waals surface area contributed by atoms with Gasteiger partial charge in [-0.1, -0.05) is 12.1 Å². The Labute approximate surface area is 83.0 Å². The topological polar surface area (TPSA) is 56.5 Å². The number of benzene rings is 1. The van der Waals surface area contributed by atoms with Gasteiger partial charge in [-0.05, 0) is 19.1 Å². The average molecular weight is 194 g/mol. The van der Waals surface area contributed by atoms with Crippen molar-refractivity contribution in [2.24, 2.45) is 5.84 Å². The zero-order valence-electron chi connectivity index (χ0n) is 8.07. The summed E-state index contributed by atoms with van der Waals surface area (Å²) >= 11 is 0. The van der Waals surface area contributed by atoms with Gasteiger partial charge in [-0.2, -0.15) is 0 Å². The maximum atomic E-state index is 5.72. The van der Waals surface area contributed by atoms with Crippen LogP contribution in [0.3, 0.4) is 0 Å². The van der Waals surface area contributed by atoms with E-state index < -0.39 is 0 Å². The number of rotatable bonds is 2. The van der Waals surface area contributed by atoms with Gasteiger partial charge in [0, 0.05) is 0 Å². The van der Waals surface area contributed by atoms with Crippen molar-refractivity contribution in [3.8, 4) is 11.5 Å². The van der Waals surface area contributed by atoms with Gasteiger partial charge in [0.05, 0.1) is 6.04 Å². The fraction of sp³-hybridized carbons (Fsp3) is 0.400. The molecule has 4 nitrogen and oxygen atoms in total. The molecule has 0 radical (unpaired) electrons. The molecule has 0 saturated carbocycles. The zero-order valence-corrected chi connectivity index (χ0v) is 8.07. The molecule has 0 aromatic heterocycles. The molecule has 0 saturated heterocycles. The van der Waals surface area contributed by atoms with Gasteiger partial charge in [0.1, 0.15) is 12.7 Å². The van der Waals surface area contributed by atoms with Crippen LogP contribution in [-0.2, 0) is 0 Å². The number of nitrogens with two attached hydrogens (primary N) is 1. The fourth-order valence-corrected chi connectivity index (χ4v) is 1.39. The van der Waals surface area contributed by atoms with E-state index >= 15 is 0 Å². The van der Waals surface area contributed by atoms with Gasteiger partial charge < -0.3 is 9.47 Å². The third kappa shape index (κ3) is 1.66. The van der Waals surface area contributed by atoms with E-state index in [1.54, 1.807) is 0 Å². The Hall–Kier alpha value is -1.26. The summed E-state index contributed by atoms with van der Waals surface area (Å²) in [6, 6.07) is 7.71. The summed E-state index contributed by atoms with van der Waals surface area (Å²) in [6.07, 6.45) is -0.0325. The van der Waals surface area contributed by atoms with Crippen LogP contribution in [0.4, 0.5) is 0 Å². The predicted octanol–water partition coefficient (Wildman–Crippen LogP) is 0.678. The number of hydrogen-bond donors (Lipinski definition) is 2. The molecule has 76 valence electrons. The lowest BCUT2D eigenvalue weighted by atomic mass is 10.2. The summed E-state index contributed by atoms with van der Waals surface area (Å²) in [6.45, 7) is 2.49. The van der Waals surface area contributed by atoms with Gasteiger partial charge in [-0.25, -0.2) is 0 Å². The van der Waals surface area contributed by atoms with Crippen molar-refractivity contribution >= 4 is 0 Å². The fourth-order valence-electron chi connectivity index (χ4n) is 1.39. The van der Waals surface area contributed by atoms with Crippen LogP contribution in [0.5, 0.6) is 11.5 Å². The Bertz CT molecular complexity index is 317. The summed E-state index contributed by atoms with van der Waals surface area (Å²) < 4.78 is 11.3. The van der Waals surface area contributed by atoms with E-state index in [0.29, 0.717) is 6.61 Å². The lowest BCUT2D eigenvalue weighted by Crippen LogP contribution is -2.48. The van der Waals surface area contributed by atoms with Crippen LogP contribution in [0.15, 0.2) is 24.3 Å². The molecule has 1 aromatic carbocycles. The molecule has 0 bridgehead atoms. The summed E-state index contributed by atoms with van der Waals surface area (Å²) in [5, 5.41) is 0. The Morgan fingerprint density at radius 2 is 2.14 bits per heavy atom. The van der Waals surface area contributed by atoms with E-state index in [-0.39, 0.29) is 12.1 Å². The van der Waals surface area contributed by atoms with Crippen molar-refractivity contribution in [2.45, 2.75) is 19.1 Å². The van der Waals surface area contributed by atoms with Crippen LogP contribution < -0.4 is 20.7 Å². The van der Waals surface area contributed by atoms with Crippen LogP contribution in [0, 0.1) is 0 Å². The SMILES string of the molecule is CC(NN)C1COc2ccccc2O1. The van der Waals surface area contributed by atoms with Crippen molar-refractivity contribution in [3.63, 3.8) is 0 Å². The van der Waals surface area contributed by atoms with Crippen LogP contribution in [0.1, 0.15) is 6.92 Å². The maximum Gasteiger partial charge on any atom is 0.161 e. The van der Waals surface area contributed by atoms with Crippen molar-refractivity contribution in [2.75, 3.05) is 6.61 Å². The minimum Gasteiger partial charge on any atom is -0.486 e. The van der Waals surface area contributed by atoms with Gasteiger partial charge in [0.15, 0.2) is 11.5 Å². The van der Waals surface area contributed by atoms with Crippen LogP contribution >= 0.6 is 0 Å². The van der Waals surface area contributed by atoms with Crippen molar-refractivity contribution < 1.29 is 9.47 Å². The molecule has 1 heterocycles. The lowest BCUT2D eigenvalue weighted by Gasteiger charge is -2.29. The standard InChI is InChI=1S/C10H14N2O2/c1-7(12-11)10-6-13-8-4-2-3-5-9(8)14-10/h2-5,7,10,12H,6,11H2,1H3. The van der Waals surface area contributed by atoms with Gasteiger partial charge in [-0.3, -0.25) is 11.3 Å². The molecule has 0 spiro atoms. The van der Waals surface area contributed by atoms with E-state index in [0.717, 1.165) is 11.5 Å². The van der Waals surface area contributed by atoms with Crippen LogP contribution in [-0.4, -0.2) is 18.8 Å². The molecule has 0 amide bonds. The van der Waals surface area contributed by atoms with E-state index in [1.165, 1.54) is 0 Å². The molecule has 2 unspecified atom stereocenters. The Kier molecular flexibility index (Phi) is 2.56. The monoisotopic (exact) mass is 194 g/mol. The second-order valence-electron chi connectivity index (χ2n) is 3.37. The molecule has 1 aliphatic rings. The molecule has 1 aliphatic heterocycles. The van der Waals surface area contributed by atoms with Gasteiger partial charge in [0.25, 0.3) is 0 Å². The van der Waals surface area contributed by atoms with Crippen molar-refractivity contribution in [1.82, 2.24) is 5.43 Å². The smallest absolute Gasteiger partial charge is 0.161 e. The number of fused-ring (bicyclic) bond motifs is 1. The highest BCUT2D eigenvalue weighted by Gasteiger charge is 2.24. The number of ether oxygens (including phenoxy) is 2. The molecule has 3 N–H and O–H groups in total. The highest BCUT2D eigenvalue weighted by molar-refractivity contribution is 5.40. The molecule has 0 aliphatic carbocycles. The summed E-state index contributed by atoms with van der Waals surface area (Å²) in [5.74, 6) is 6.92. The highest BCUT2D eigenvalue weighted by Crippen LogP contribution is 2.31. The first kappa shape index (κ1) is 9.30. The average Bonchev–Trinajstić information content (AvgIpc) is 2.27. The number of para-hydroxylation sites is 2. The lowest BCUT2D eigenvalue weighted by molar-refractivity contribution is 0.0668. The molecule has 2 rings (SSSR count). The summed E-state index contributed by atoms with van der Waals surface area (Å²) in [5.41, 5.74) is 2.66. The molecule has 14 heavy (non-hydrogen) atoms. The van der Waals surface area contributed by atoms with Crippen molar-refractivity contribution in [1.29, 1.82) is 0 Å². The van der Waals surface area contributed by atoms with Gasteiger partial charge in [-0.15, -0.1) is 0 Å². The second-order valence-corrected chi connectivity index (χ2v) is 3.37. The van der Waals surface area contributed by atoms with Crippen LogP contribution in [0.2, 0.25) is 0 Å². The maximum absolute atomic E-state index is 5.72. The minimum atomic E-state index is -0.0325. The Balaban J connectivity index is 2.13. The molecule has 1 aromatic rings. The van der Waals surface area contributed by atoms with Crippen molar-refractivity contribution in [3.05, 3.63) is 24.3 Å². The largest absolute Gasteiger partial charge is 0.486 e. The minimum absolute atomic E-state index is 0.0325. The molecule has 0 fully saturated rings. The Morgan fingerprint density at radius 3 is 2.86 bits per heavy atom. The molecule has 4 heteroatoms. The van der Waals surface area contributed by atoms with Crippen LogP contribution in [0.25, 0.3) is 0 Å². The van der Waals surface area contributed by atoms with E-state index in [9.17, 15) is 0 Å². The molecular formula is C10H14N2O2. The van der Waals surface area contributed by atoms with E-state index in [4.69, 9.17) is 15.3 Å². The van der Waals surface area contributed by atoms with Gasteiger partial charge in [0.2, 0.25) is 0 Å². The summed E-state index contributed by atoms with van der Waals surface area (Å²) in [7, 11) is 0. The number of hydrazine groups is 1.